The molecule has 2 aromatic rings. The van der Waals surface area contributed by atoms with Crippen molar-refractivity contribution in [2.24, 2.45) is 0 Å². The Morgan fingerprint density at radius 3 is 2.17 bits per heavy atom. The van der Waals surface area contributed by atoms with Gasteiger partial charge in [0.15, 0.2) is 35.1 Å². The van der Waals surface area contributed by atoms with E-state index < -0.39 is 78.3 Å². The maximum Gasteiger partial charge on any atom is 0.193 e. The van der Waals surface area contributed by atoms with Crippen molar-refractivity contribution in [3.8, 4) is 23.0 Å². The molecule has 2 aromatic carbocycles. The highest BCUT2D eigenvalue weighted by Gasteiger charge is 2.46. The van der Waals surface area contributed by atoms with Gasteiger partial charge in [0.05, 0.1) is 6.61 Å². The summed E-state index contributed by atoms with van der Waals surface area (Å²) in [5.74, 6) is -2.89. The second-order valence-electron chi connectivity index (χ2n) is 8.28. The van der Waals surface area contributed by atoms with Crippen LogP contribution in [0.2, 0.25) is 0 Å². The van der Waals surface area contributed by atoms with Crippen LogP contribution in [0.4, 0.5) is 0 Å². The molecule has 0 spiro atoms. The zero-order valence-corrected chi connectivity index (χ0v) is 18.0. The summed E-state index contributed by atoms with van der Waals surface area (Å²) in [5, 5.41) is 89.8. The van der Waals surface area contributed by atoms with Crippen molar-refractivity contribution in [1.82, 2.24) is 0 Å². The Morgan fingerprint density at radius 1 is 0.857 bits per heavy atom. The van der Waals surface area contributed by atoms with Crippen molar-refractivity contribution in [3.63, 3.8) is 0 Å². The number of hydrogen-bond acceptors (Lipinski definition) is 12. The van der Waals surface area contributed by atoms with E-state index in [1.54, 1.807) is 0 Å². The second-order valence-corrected chi connectivity index (χ2v) is 8.28. The number of phenols is 4. The van der Waals surface area contributed by atoms with Gasteiger partial charge in [-0.1, -0.05) is 0 Å². The van der Waals surface area contributed by atoms with Crippen LogP contribution in [0.1, 0.15) is 27.6 Å². The highest BCUT2D eigenvalue weighted by Crippen LogP contribution is 2.42. The maximum absolute atomic E-state index is 13.3. The van der Waals surface area contributed by atoms with Crippen molar-refractivity contribution in [2.75, 3.05) is 6.61 Å². The largest absolute Gasteiger partial charge is 0.504 e. The van der Waals surface area contributed by atoms with Crippen LogP contribution < -0.4 is 0 Å². The molecule has 0 saturated carbocycles. The third-order valence-electron chi connectivity index (χ3n) is 6.02. The zero-order valence-electron chi connectivity index (χ0n) is 18.0. The molecule has 2 aliphatic rings. The Balaban J connectivity index is 1.74. The quantitative estimate of drug-likeness (QED) is 0.181. The van der Waals surface area contributed by atoms with E-state index in [4.69, 9.17) is 9.47 Å². The number of benzene rings is 2. The highest BCUT2D eigenvalue weighted by atomic mass is 16.7. The monoisotopic (exact) mass is 492 g/mol. The van der Waals surface area contributed by atoms with E-state index >= 15 is 0 Å². The van der Waals surface area contributed by atoms with Gasteiger partial charge in [0.1, 0.15) is 36.6 Å². The van der Waals surface area contributed by atoms with E-state index in [1.807, 2.05) is 0 Å². The minimum absolute atomic E-state index is 0.0243. The number of fused-ring (bicyclic) bond motifs is 1. The Labute approximate surface area is 197 Å². The molecule has 0 amide bonds. The van der Waals surface area contributed by atoms with E-state index in [-0.39, 0.29) is 22.3 Å². The van der Waals surface area contributed by atoms with E-state index in [0.29, 0.717) is 0 Å². The summed E-state index contributed by atoms with van der Waals surface area (Å²) in [6.45, 7) is -0.710. The summed E-state index contributed by atoms with van der Waals surface area (Å²) in [6.07, 6.45) is -9.87. The molecule has 0 radical (unpaired) electrons. The number of phenolic OH excluding ortho intramolecular Hbond substituents is 4. The Kier molecular flexibility index (Phi) is 6.71. The minimum atomic E-state index is -1.78. The summed E-state index contributed by atoms with van der Waals surface area (Å²) in [7, 11) is 0. The molecule has 1 heterocycles. The number of Topliss-reactive ketones (excluding diaryl/α,β-unsaturated/α-hetero) is 1. The van der Waals surface area contributed by atoms with Crippen LogP contribution in [0, 0.1) is 0 Å². The molecule has 7 unspecified atom stereocenters. The zero-order chi connectivity index (χ0) is 25.6. The van der Waals surface area contributed by atoms with Gasteiger partial charge in [-0.05, 0) is 47.5 Å². The van der Waals surface area contributed by atoms with Crippen LogP contribution in [0.15, 0.2) is 36.4 Å². The van der Waals surface area contributed by atoms with E-state index in [0.717, 1.165) is 30.3 Å². The van der Waals surface area contributed by atoms with Gasteiger partial charge in [-0.2, -0.15) is 0 Å². The Morgan fingerprint density at radius 2 is 1.51 bits per heavy atom. The van der Waals surface area contributed by atoms with Crippen molar-refractivity contribution >= 4 is 11.4 Å². The lowest BCUT2D eigenvalue weighted by atomic mass is 9.83. The molecule has 1 saturated heterocycles. The fourth-order valence-corrected chi connectivity index (χ4v) is 4.06. The molecule has 12 nitrogen and oxygen atoms in total. The third kappa shape index (κ3) is 4.44. The number of aromatic hydroxyl groups is 4. The van der Waals surface area contributed by atoms with Gasteiger partial charge in [0, 0.05) is 11.1 Å². The molecule has 35 heavy (non-hydrogen) atoms. The van der Waals surface area contributed by atoms with Gasteiger partial charge in [-0.15, -0.1) is 0 Å². The lowest BCUT2D eigenvalue weighted by Crippen LogP contribution is -2.59. The summed E-state index contributed by atoms with van der Waals surface area (Å²) in [5.41, 5.74) is -0.170. The molecule has 1 aliphatic carbocycles. The predicted octanol–water partition coefficient (Wildman–Crippen LogP) is -0.993. The number of ketones is 1. The van der Waals surface area contributed by atoms with Crippen LogP contribution in [0.3, 0.4) is 0 Å². The lowest BCUT2D eigenvalue weighted by Gasteiger charge is -2.41. The topological polar surface area (TPSA) is 218 Å². The standard InChI is InChI=1S/C23H24O12/c24-7-17-20(31)21(32)22(33)23(35-17)34-16-6-11(18(29)8-1-2-12(25)13(26)3-8)9-4-14(27)15(28)5-10(9)19(16)30/h1-6,16-17,19-28,30-33H,7H2. The van der Waals surface area contributed by atoms with Crippen LogP contribution in [-0.4, -0.2) is 95.2 Å². The van der Waals surface area contributed by atoms with Gasteiger partial charge in [-0.3, -0.25) is 4.79 Å². The first-order valence-electron chi connectivity index (χ1n) is 10.5. The smallest absolute Gasteiger partial charge is 0.193 e. The van der Waals surface area contributed by atoms with Crippen molar-refractivity contribution in [3.05, 3.63) is 53.1 Å². The normalized spacial score (nSPS) is 30.4. The molecule has 9 N–H and O–H groups in total. The summed E-state index contributed by atoms with van der Waals surface area (Å²) in [4.78, 5) is 13.3. The average Bonchev–Trinajstić information content (AvgIpc) is 2.83. The highest BCUT2D eigenvalue weighted by molar-refractivity contribution is 6.29. The van der Waals surface area contributed by atoms with Gasteiger partial charge in [-0.25, -0.2) is 0 Å². The molecule has 188 valence electrons. The Bertz CT molecular complexity index is 1160. The maximum atomic E-state index is 13.3. The van der Waals surface area contributed by atoms with Gasteiger partial charge in [0.25, 0.3) is 0 Å². The van der Waals surface area contributed by atoms with Gasteiger partial charge >= 0.3 is 0 Å². The molecule has 12 heteroatoms. The van der Waals surface area contributed by atoms with E-state index in [1.165, 1.54) is 6.07 Å². The van der Waals surface area contributed by atoms with E-state index in [2.05, 4.69) is 0 Å². The van der Waals surface area contributed by atoms with Crippen LogP contribution in [0.25, 0.3) is 5.57 Å². The first-order valence-corrected chi connectivity index (χ1v) is 10.5. The number of carbonyl (C=O) groups is 1. The fourth-order valence-electron chi connectivity index (χ4n) is 4.06. The first kappa shape index (κ1) is 24.9. The van der Waals surface area contributed by atoms with Gasteiger partial charge < -0.3 is 55.4 Å². The number of ether oxygens (including phenoxy) is 2. The number of allylic oxidation sites excluding steroid dienone is 1. The molecular weight excluding hydrogens is 468 g/mol. The number of aliphatic hydroxyl groups is 5. The molecule has 1 aliphatic heterocycles. The Hall–Kier alpha value is -3.23. The number of rotatable bonds is 5. The van der Waals surface area contributed by atoms with Crippen molar-refractivity contribution < 1.29 is 60.2 Å². The lowest BCUT2D eigenvalue weighted by molar-refractivity contribution is -0.312. The molecule has 0 bridgehead atoms. The molecule has 7 atom stereocenters. The van der Waals surface area contributed by atoms with Crippen LogP contribution in [0.5, 0.6) is 23.0 Å². The molecule has 1 fully saturated rings. The van der Waals surface area contributed by atoms with Crippen LogP contribution >= 0.6 is 0 Å². The number of aliphatic hydroxyl groups excluding tert-OH is 5. The van der Waals surface area contributed by atoms with Crippen molar-refractivity contribution in [1.29, 1.82) is 0 Å². The van der Waals surface area contributed by atoms with E-state index in [9.17, 15) is 50.8 Å². The van der Waals surface area contributed by atoms with Gasteiger partial charge in [0.2, 0.25) is 0 Å². The third-order valence-corrected chi connectivity index (χ3v) is 6.02. The summed E-state index contributed by atoms with van der Waals surface area (Å²) in [6, 6.07) is 5.42. The first-order chi connectivity index (χ1) is 16.5. The molecular formula is C23H24O12. The average molecular weight is 492 g/mol. The second kappa shape index (κ2) is 9.43. The van der Waals surface area contributed by atoms with Crippen LogP contribution in [-0.2, 0) is 9.47 Å². The predicted molar refractivity (Wildman–Crippen MR) is 115 cm³/mol. The van der Waals surface area contributed by atoms with Crippen molar-refractivity contribution in [2.45, 2.75) is 42.9 Å². The molecule has 0 aromatic heterocycles. The SMILES string of the molecule is O=C(C1=CC(OC2OC(CO)C(O)C(O)C2O)C(O)c2cc(O)c(O)cc21)c1ccc(O)c(O)c1. The fraction of sp³-hybridized carbons (Fsp3) is 0.348. The minimum Gasteiger partial charge on any atom is -0.504 e. The number of hydrogen-bond donors (Lipinski definition) is 9. The molecule has 4 rings (SSSR count). The summed E-state index contributed by atoms with van der Waals surface area (Å²) < 4.78 is 10.9. The number of carbonyl (C=O) groups excluding carboxylic acids is 1. The summed E-state index contributed by atoms with van der Waals surface area (Å²) >= 11 is 0.